The summed E-state index contributed by atoms with van der Waals surface area (Å²) in [5.41, 5.74) is 1.95. The highest BCUT2D eigenvalue weighted by atomic mass is 16.5. The summed E-state index contributed by atoms with van der Waals surface area (Å²) in [7, 11) is 3.35. The van der Waals surface area contributed by atoms with Gasteiger partial charge in [-0.15, -0.1) is 0 Å². The van der Waals surface area contributed by atoms with Gasteiger partial charge in [0, 0.05) is 37.7 Å². The topological polar surface area (TPSA) is 92.2 Å². The maximum Gasteiger partial charge on any atom is 0.259 e. The smallest absolute Gasteiger partial charge is 0.259 e. The molecule has 8 heteroatoms. The number of amides is 2. The highest BCUT2D eigenvalue weighted by Crippen LogP contribution is 2.31. The fraction of sp³-hybridized carbons (Fsp3) is 0.480. The first-order valence-corrected chi connectivity index (χ1v) is 11.3. The number of hydrogen-bond donors (Lipinski definition) is 1. The third-order valence-corrected chi connectivity index (χ3v) is 6.11. The van der Waals surface area contributed by atoms with Gasteiger partial charge in [-0.3, -0.25) is 9.59 Å². The molecule has 1 aliphatic rings. The molecular weight excluding hydrogens is 422 g/mol. The molecule has 33 heavy (non-hydrogen) atoms. The van der Waals surface area contributed by atoms with Crippen molar-refractivity contribution in [3.63, 3.8) is 0 Å². The van der Waals surface area contributed by atoms with Crippen LogP contribution in [0.15, 0.2) is 36.5 Å². The summed E-state index contributed by atoms with van der Waals surface area (Å²) in [6.45, 7) is 6.23. The van der Waals surface area contributed by atoms with E-state index in [9.17, 15) is 14.7 Å². The number of aliphatic hydroxyl groups excluding tert-OH is 1. The molecule has 2 amide bonds. The Hall–Kier alpha value is -3.13. The first-order valence-electron chi connectivity index (χ1n) is 11.3. The Kier molecular flexibility index (Phi) is 7.92. The van der Waals surface area contributed by atoms with Gasteiger partial charge >= 0.3 is 0 Å². The lowest BCUT2D eigenvalue weighted by Gasteiger charge is -2.37. The Balaban J connectivity index is 2.04. The quantitative estimate of drug-likeness (QED) is 0.690. The molecule has 1 aromatic heterocycles. The fourth-order valence-electron chi connectivity index (χ4n) is 3.92. The van der Waals surface area contributed by atoms with Gasteiger partial charge in [-0.05, 0) is 30.7 Å². The second kappa shape index (κ2) is 10.7. The van der Waals surface area contributed by atoms with Crippen molar-refractivity contribution in [2.45, 2.75) is 39.3 Å². The minimum absolute atomic E-state index is 0.0195. The van der Waals surface area contributed by atoms with E-state index in [0.717, 1.165) is 11.1 Å². The van der Waals surface area contributed by atoms with Crippen LogP contribution in [-0.2, 0) is 4.79 Å². The second-order valence-corrected chi connectivity index (χ2v) is 8.56. The van der Waals surface area contributed by atoms with E-state index in [1.165, 1.54) is 0 Å². The van der Waals surface area contributed by atoms with Crippen molar-refractivity contribution in [3.8, 4) is 22.8 Å². The number of hydrogen-bond acceptors (Lipinski definition) is 6. The van der Waals surface area contributed by atoms with Crippen LogP contribution in [0.5, 0.6) is 11.6 Å². The van der Waals surface area contributed by atoms with Gasteiger partial charge in [0.15, 0.2) is 0 Å². The Morgan fingerprint density at radius 1 is 1.36 bits per heavy atom. The summed E-state index contributed by atoms with van der Waals surface area (Å²) in [5.74, 6) is 0.631. The molecule has 0 fully saturated rings. The molecule has 0 saturated carbocycles. The van der Waals surface area contributed by atoms with Crippen LogP contribution in [0.25, 0.3) is 11.1 Å². The summed E-state index contributed by atoms with van der Waals surface area (Å²) in [6.07, 6.45) is 1.72. The predicted molar refractivity (Wildman–Crippen MR) is 125 cm³/mol. The lowest BCUT2D eigenvalue weighted by molar-refractivity contribution is -0.131. The Bertz CT molecular complexity index is 996. The van der Waals surface area contributed by atoms with Gasteiger partial charge in [0.2, 0.25) is 11.8 Å². The van der Waals surface area contributed by atoms with E-state index in [-0.39, 0.29) is 42.4 Å². The van der Waals surface area contributed by atoms with Crippen molar-refractivity contribution in [3.05, 3.63) is 42.1 Å². The number of nitrogens with zero attached hydrogens (tertiary/aromatic N) is 3. The highest BCUT2D eigenvalue weighted by molar-refractivity contribution is 5.98. The maximum atomic E-state index is 13.5. The van der Waals surface area contributed by atoms with Gasteiger partial charge in [-0.1, -0.05) is 26.0 Å². The van der Waals surface area contributed by atoms with Crippen LogP contribution < -0.4 is 9.47 Å². The van der Waals surface area contributed by atoms with Gasteiger partial charge in [-0.25, -0.2) is 4.98 Å². The highest BCUT2D eigenvalue weighted by Gasteiger charge is 2.34. The third-order valence-electron chi connectivity index (χ3n) is 6.11. The van der Waals surface area contributed by atoms with E-state index in [1.54, 1.807) is 36.2 Å². The maximum absolute atomic E-state index is 13.5. The van der Waals surface area contributed by atoms with Gasteiger partial charge < -0.3 is 24.4 Å². The lowest BCUT2D eigenvalue weighted by atomic mass is 9.99. The molecule has 2 aromatic rings. The van der Waals surface area contributed by atoms with Gasteiger partial charge in [-0.2, -0.15) is 0 Å². The first kappa shape index (κ1) is 24.5. The van der Waals surface area contributed by atoms with E-state index in [2.05, 4.69) is 4.98 Å². The van der Waals surface area contributed by atoms with Gasteiger partial charge in [0.1, 0.15) is 17.4 Å². The predicted octanol–water partition coefficient (Wildman–Crippen LogP) is 2.85. The number of carbonyl (C=O) groups is 2. The molecular formula is C25H33N3O5. The number of pyridine rings is 1. The zero-order chi connectivity index (χ0) is 24.1. The summed E-state index contributed by atoms with van der Waals surface area (Å²) >= 11 is 0. The van der Waals surface area contributed by atoms with E-state index < -0.39 is 0 Å². The average Bonchev–Trinajstić information content (AvgIpc) is 2.84. The van der Waals surface area contributed by atoms with E-state index in [0.29, 0.717) is 30.8 Å². The van der Waals surface area contributed by atoms with Crippen molar-refractivity contribution in [1.82, 2.24) is 14.8 Å². The average molecular weight is 456 g/mol. The SMILES string of the molecule is CCC(=O)N(C)C[C@H]1Oc2ncc(-c3cccc(OC)c3)cc2C(=O)N([C@@H](C)CO)C[C@@H]1C. The van der Waals surface area contributed by atoms with Crippen molar-refractivity contribution >= 4 is 11.8 Å². The Morgan fingerprint density at radius 3 is 2.79 bits per heavy atom. The monoisotopic (exact) mass is 455 g/mol. The van der Waals surface area contributed by atoms with Crippen LogP contribution >= 0.6 is 0 Å². The molecule has 0 unspecified atom stereocenters. The number of methoxy groups -OCH3 is 1. The molecule has 1 N–H and O–H groups in total. The van der Waals surface area contributed by atoms with Crippen LogP contribution in [-0.4, -0.2) is 77.7 Å². The number of ether oxygens (including phenoxy) is 2. The van der Waals surface area contributed by atoms with Crippen LogP contribution in [0.2, 0.25) is 0 Å². The molecule has 0 bridgehead atoms. The van der Waals surface area contributed by atoms with Crippen molar-refractivity contribution in [1.29, 1.82) is 0 Å². The number of rotatable bonds is 7. The largest absolute Gasteiger partial charge is 0.497 e. The minimum atomic E-state index is -0.373. The number of benzene rings is 1. The van der Waals surface area contributed by atoms with Crippen LogP contribution in [0.4, 0.5) is 0 Å². The molecule has 2 heterocycles. The van der Waals surface area contributed by atoms with Crippen LogP contribution in [0.3, 0.4) is 0 Å². The summed E-state index contributed by atoms with van der Waals surface area (Å²) in [4.78, 5) is 33.5. The number of likely N-dealkylation sites (N-methyl/N-ethyl adjacent to an activating group) is 1. The van der Waals surface area contributed by atoms with E-state index >= 15 is 0 Å². The van der Waals surface area contributed by atoms with Crippen molar-refractivity contribution in [2.24, 2.45) is 5.92 Å². The van der Waals surface area contributed by atoms with Crippen LogP contribution in [0.1, 0.15) is 37.6 Å². The van der Waals surface area contributed by atoms with E-state index in [4.69, 9.17) is 9.47 Å². The Labute approximate surface area is 195 Å². The minimum Gasteiger partial charge on any atom is -0.497 e. The fourth-order valence-corrected chi connectivity index (χ4v) is 3.92. The third kappa shape index (κ3) is 5.45. The molecule has 1 aliphatic heterocycles. The lowest BCUT2D eigenvalue weighted by Crippen LogP contribution is -2.50. The summed E-state index contributed by atoms with van der Waals surface area (Å²) < 4.78 is 11.6. The molecule has 0 saturated heterocycles. The number of aromatic nitrogens is 1. The normalized spacial score (nSPS) is 19.1. The second-order valence-electron chi connectivity index (χ2n) is 8.56. The Morgan fingerprint density at radius 2 is 2.12 bits per heavy atom. The van der Waals surface area contributed by atoms with Crippen molar-refractivity contribution in [2.75, 3.05) is 33.9 Å². The summed E-state index contributed by atoms with van der Waals surface area (Å²) in [5, 5.41) is 9.80. The number of carbonyl (C=O) groups excluding carboxylic acids is 2. The van der Waals surface area contributed by atoms with Crippen LogP contribution in [0, 0.1) is 5.92 Å². The molecule has 8 nitrogen and oxygen atoms in total. The zero-order valence-corrected chi connectivity index (χ0v) is 19.9. The molecule has 0 aliphatic carbocycles. The molecule has 0 radical (unpaired) electrons. The van der Waals surface area contributed by atoms with E-state index in [1.807, 2.05) is 45.0 Å². The first-order chi connectivity index (χ1) is 15.8. The molecule has 1 aromatic carbocycles. The molecule has 178 valence electrons. The van der Waals surface area contributed by atoms with Gasteiger partial charge in [0.05, 0.1) is 26.3 Å². The number of aliphatic hydroxyl groups is 1. The standard InChI is InChI=1S/C25H33N3O5/c1-6-23(30)27(4)14-22-16(2)13-28(17(3)15-29)25(31)21-11-19(12-26-24(21)33-22)18-8-7-9-20(10-18)32-5/h7-12,16-17,22,29H,6,13-15H2,1-5H3/t16-,17-,22+/m0/s1. The molecule has 3 rings (SSSR count). The summed E-state index contributed by atoms with van der Waals surface area (Å²) in [6, 6.07) is 8.92. The van der Waals surface area contributed by atoms with Crippen molar-refractivity contribution < 1.29 is 24.2 Å². The van der Waals surface area contributed by atoms with Gasteiger partial charge in [0.25, 0.3) is 5.91 Å². The molecule has 3 atom stereocenters. The zero-order valence-electron chi connectivity index (χ0n) is 19.9. The number of fused-ring (bicyclic) bond motifs is 1. The molecule has 0 spiro atoms.